The molecule has 2 N–H and O–H groups in total. The molecule has 3 aromatic rings. The highest BCUT2D eigenvalue weighted by Gasteiger charge is 2.15. The molecule has 0 fully saturated rings. The van der Waals surface area contributed by atoms with Crippen molar-refractivity contribution in [2.45, 2.75) is 27.2 Å². The lowest BCUT2D eigenvalue weighted by molar-refractivity contribution is -0.114. The maximum absolute atomic E-state index is 12.4. The zero-order chi connectivity index (χ0) is 23.5. The fourth-order valence-corrected chi connectivity index (χ4v) is 3.85. The predicted octanol–water partition coefficient (Wildman–Crippen LogP) is 4.83. The summed E-state index contributed by atoms with van der Waals surface area (Å²) in [7, 11) is -2.50. The van der Waals surface area contributed by atoms with Crippen LogP contribution in [0.4, 0.5) is 23.1 Å². The Kier molecular flexibility index (Phi) is 6.90. The van der Waals surface area contributed by atoms with Gasteiger partial charge in [-0.1, -0.05) is 24.3 Å². The first-order valence-corrected chi connectivity index (χ1v) is 12.8. The minimum absolute atomic E-state index is 0.0477. The van der Waals surface area contributed by atoms with E-state index in [0.29, 0.717) is 17.2 Å². The summed E-state index contributed by atoms with van der Waals surface area (Å²) >= 11 is 0. The van der Waals surface area contributed by atoms with Crippen LogP contribution in [0.25, 0.3) is 0 Å². The lowest BCUT2D eigenvalue weighted by atomic mass is 10.0. The van der Waals surface area contributed by atoms with Crippen LogP contribution in [-0.2, 0) is 15.8 Å². The molecule has 2 aromatic heterocycles. The van der Waals surface area contributed by atoms with E-state index in [2.05, 4.69) is 32.2 Å². The third kappa shape index (κ3) is 5.68. The quantitative estimate of drug-likeness (QED) is 0.376. The Morgan fingerprint density at radius 3 is 2.44 bits per heavy atom. The van der Waals surface area contributed by atoms with Gasteiger partial charge in [0.1, 0.15) is 18.4 Å². The van der Waals surface area contributed by atoms with Crippen LogP contribution in [0.5, 0.6) is 0 Å². The molecule has 0 saturated carbocycles. The predicted molar refractivity (Wildman–Crippen MR) is 131 cm³/mol. The number of nitrogens with one attached hydrogen (secondary N) is 2. The Morgan fingerprint density at radius 1 is 1.03 bits per heavy atom. The van der Waals surface area contributed by atoms with Crippen LogP contribution < -0.4 is 16.1 Å². The van der Waals surface area contributed by atoms with Crippen molar-refractivity contribution in [3.8, 4) is 0 Å². The van der Waals surface area contributed by atoms with Crippen molar-refractivity contribution in [1.82, 2.24) is 15.0 Å². The number of hydrogen-bond acceptors (Lipinski definition) is 7. The van der Waals surface area contributed by atoms with E-state index in [-0.39, 0.29) is 12.2 Å². The highest BCUT2D eigenvalue weighted by Crippen LogP contribution is 2.35. The van der Waals surface area contributed by atoms with E-state index >= 15 is 0 Å². The zero-order valence-electron chi connectivity index (χ0n) is 19.1. The average Bonchev–Trinajstić information content (AvgIpc) is 2.73. The second-order valence-electron chi connectivity index (χ2n) is 8.19. The second kappa shape index (κ2) is 9.45. The molecule has 0 radical (unpaired) electrons. The van der Waals surface area contributed by atoms with Gasteiger partial charge in [-0.2, -0.15) is 4.98 Å². The molecule has 0 saturated heterocycles. The molecule has 2 heterocycles. The van der Waals surface area contributed by atoms with Gasteiger partial charge < -0.3 is 15.2 Å². The van der Waals surface area contributed by atoms with Gasteiger partial charge in [-0.05, 0) is 63.4 Å². The van der Waals surface area contributed by atoms with Gasteiger partial charge in [0.05, 0.1) is 0 Å². The Balaban J connectivity index is 1.92. The molecule has 32 heavy (non-hydrogen) atoms. The summed E-state index contributed by atoms with van der Waals surface area (Å²) < 4.78 is 12.4. The number of aromatic nitrogens is 3. The lowest BCUT2D eigenvalue weighted by Crippen LogP contribution is -2.11. The Hall–Kier alpha value is -3.31. The minimum Gasteiger partial charge on any atom is -0.340 e. The normalized spacial score (nSPS) is 11.2. The summed E-state index contributed by atoms with van der Waals surface area (Å²) in [6.45, 7) is 12.8. The van der Waals surface area contributed by atoms with Crippen LogP contribution in [0.3, 0.4) is 0 Å². The molecule has 1 aromatic carbocycles. The molecular weight excluding hydrogens is 421 g/mol. The van der Waals surface area contributed by atoms with Gasteiger partial charge in [-0.25, -0.2) is 4.98 Å². The van der Waals surface area contributed by atoms with Crippen molar-refractivity contribution in [2.75, 3.05) is 24.0 Å². The number of ketones is 1. The van der Waals surface area contributed by atoms with Crippen molar-refractivity contribution >= 4 is 41.5 Å². The molecule has 0 aliphatic heterocycles. The number of pyridine rings is 1. The van der Waals surface area contributed by atoms with Crippen LogP contribution in [0, 0.1) is 20.8 Å². The molecule has 0 amide bonds. The van der Waals surface area contributed by atoms with Crippen molar-refractivity contribution in [2.24, 2.45) is 0 Å². The summed E-state index contributed by atoms with van der Waals surface area (Å²) in [6.07, 6.45) is 5.01. The van der Waals surface area contributed by atoms with E-state index in [1.165, 1.54) is 6.08 Å². The van der Waals surface area contributed by atoms with E-state index in [4.69, 9.17) is 0 Å². The standard InChI is InChI=1S/C24H28N5O2P/c1-7-19(30)11-18-10-15(2)8-9-20(18)27-23-17(4)14-26-24(29-23)28-21-12-22(32(5,6)31)25-13-16(21)3/h7-10,12-14H,1,11H2,2-6H3,(H2,25,26,27,28,29). The number of aryl methyl sites for hydroxylation is 3. The molecule has 0 spiro atoms. The van der Waals surface area contributed by atoms with Crippen LogP contribution >= 0.6 is 7.14 Å². The van der Waals surface area contributed by atoms with Crippen molar-refractivity contribution in [3.05, 3.63) is 71.6 Å². The topological polar surface area (TPSA) is 96.9 Å². The van der Waals surface area contributed by atoms with Gasteiger partial charge in [-0.15, -0.1) is 0 Å². The third-order valence-corrected chi connectivity index (χ3v) is 6.31. The first-order valence-electron chi connectivity index (χ1n) is 10.2. The number of carbonyl (C=O) groups excluding carboxylic acids is 1. The number of nitrogens with zero attached hydrogens (tertiary/aromatic N) is 3. The lowest BCUT2D eigenvalue weighted by Gasteiger charge is -2.15. The van der Waals surface area contributed by atoms with Gasteiger partial charge in [-0.3, -0.25) is 9.78 Å². The molecule has 0 unspecified atom stereocenters. The average molecular weight is 449 g/mol. The number of carbonyl (C=O) groups is 1. The van der Waals surface area contributed by atoms with Crippen LogP contribution in [0.2, 0.25) is 0 Å². The summed E-state index contributed by atoms with van der Waals surface area (Å²) in [4.78, 5) is 25.3. The van der Waals surface area contributed by atoms with E-state index < -0.39 is 7.14 Å². The summed E-state index contributed by atoms with van der Waals surface area (Å²) in [5.41, 5.74) is 5.80. The molecule has 0 aliphatic carbocycles. The smallest absolute Gasteiger partial charge is 0.229 e. The highest BCUT2D eigenvalue weighted by molar-refractivity contribution is 7.69. The first-order chi connectivity index (χ1) is 15.1. The van der Waals surface area contributed by atoms with Gasteiger partial charge in [0.2, 0.25) is 5.95 Å². The monoisotopic (exact) mass is 449 g/mol. The highest BCUT2D eigenvalue weighted by atomic mass is 31.2. The third-order valence-electron chi connectivity index (χ3n) is 4.96. The Bertz CT molecular complexity index is 1230. The fourth-order valence-electron chi connectivity index (χ4n) is 3.07. The van der Waals surface area contributed by atoms with Crippen LogP contribution in [-0.4, -0.2) is 34.1 Å². The molecule has 7 nitrogen and oxygen atoms in total. The van der Waals surface area contributed by atoms with E-state index in [9.17, 15) is 9.36 Å². The number of rotatable bonds is 8. The number of anilines is 4. The maximum atomic E-state index is 12.4. The van der Waals surface area contributed by atoms with Gasteiger partial charge >= 0.3 is 0 Å². The van der Waals surface area contributed by atoms with Crippen LogP contribution in [0.1, 0.15) is 22.3 Å². The second-order valence-corrected chi connectivity index (χ2v) is 11.4. The van der Waals surface area contributed by atoms with Crippen molar-refractivity contribution in [3.63, 3.8) is 0 Å². The maximum Gasteiger partial charge on any atom is 0.229 e. The first kappa shape index (κ1) is 23.4. The molecule has 3 rings (SSSR count). The van der Waals surface area contributed by atoms with Crippen molar-refractivity contribution < 1.29 is 9.36 Å². The fraction of sp³-hybridized carbons (Fsp3) is 0.250. The molecule has 0 bridgehead atoms. The van der Waals surface area contributed by atoms with Gasteiger partial charge in [0.15, 0.2) is 5.78 Å². The molecule has 0 atom stereocenters. The largest absolute Gasteiger partial charge is 0.340 e. The number of benzene rings is 1. The SMILES string of the molecule is C=CC(=O)Cc1cc(C)ccc1Nc1nc(Nc2cc(P(C)(C)=O)ncc2C)ncc1C. The number of allylic oxidation sites excluding steroid dienone is 1. The van der Waals surface area contributed by atoms with E-state index in [0.717, 1.165) is 33.6 Å². The summed E-state index contributed by atoms with van der Waals surface area (Å²) in [6, 6.07) is 7.69. The summed E-state index contributed by atoms with van der Waals surface area (Å²) in [5, 5.41) is 6.55. The van der Waals surface area contributed by atoms with Gasteiger partial charge in [0.25, 0.3) is 0 Å². The van der Waals surface area contributed by atoms with Gasteiger partial charge in [0, 0.05) is 35.8 Å². The van der Waals surface area contributed by atoms with E-state index in [1.807, 2.05) is 39.0 Å². The molecular formula is C24H28N5O2P. The Labute approximate surface area is 188 Å². The zero-order valence-corrected chi connectivity index (χ0v) is 20.0. The van der Waals surface area contributed by atoms with Crippen molar-refractivity contribution in [1.29, 1.82) is 0 Å². The summed E-state index contributed by atoms with van der Waals surface area (Å²) in [5.74, 6) is 0.979. The number of hydrogen-bond donors (Lipinski definition) is 2. The molecule has 166 valence electrons. The van der Waals surface area contributed by atoms with Crippen LogP contribution in [0.15, 0.2) is 49.3 Å². The van der Waals surface area contributed by atoms with E-state index in [1.54, 1.807) is 31.8 Å². The molecule has 0 aliphatic rings. The minimum atomic E-state index is -2.50. The Morgan fingerprint density at radius 2 is 1.75 bits per heavy atom. The molecule has 8 heteroatoms.